The zero-order chi connectivity index (χ0) is 14.0. The molecule has 2 heteroatoms. The van der Waals surface area contributed by atoms with E-state index in [4.69, 9.17) is 9.47 Å². The molecular formula is C16H26O2. The van der Waals surface area contributed by atoms with Gasteiger partial charge in [-0.25, -0.2) is 0 Å². The molecule has 0 radical (unpaired) electrons. The Hall–Kier alpha value is -1.28. The van der Waals surface area contributed by atoms with Gasteiger partial charge >= 0.3 is 0 Å². The Morgan fingerprint density at radius 1 is 0.944 bits per heavy atom. The van der Waals surface area contributed by atoms with Gasteiger partial charge in [0.1, 0.15) is 12.4 Å². The van der Waals surface area contributed by atoms with E-state index in [-0.39, 0.29) is 0 Å². The predicted molar refractivity (Wildman–Crippen MR) is 78.5 cm³/mol. The minimum Gasteiger partial charge on any atom is -0.489 e. The van der Waals surface area contributed by atoms with Gasteiger partial charge in [-0.05, 0) is 38.0 Å². The fourth-order valence-electron chi connectivity index (χ4n) is 1.76. The van der Waals surface area contributed by atoms with Crippen molar-refractivity contribution in [1.82, 2.24) is 0 Å². The van der Waals surface area contributed by atoms with E-state index in [1.807, 2.05) is 26.0 Å². The smallest absolute Gasteiger partial charge is 0.125 e. The number of hydrogen-bond acceptors (Lipinski definition) is 2. The second kappa shape index (κ2) is 9.72. The molecule has 1 rings (SSSR count). The molecule has 102 valence electrons. The number of ether oxygens (including phenoxy) is 2. The first-order valence-corrected chi connectivity index (χ1v) is 6.49. The van der Waals surface area contributed by atoms with Crippen molar-refractivity contribution in [2.75, 3.05) is 20.3 Å². The lowest BCUT2D eigenvalue weighted by atomic mass is 10.1. The Morgan fingerprint density at radius 2 is 1.44 bits per heavy atom. The van der Waals surface area contributed by atoms with Gasteiger partial charge in [-0.3, -0.25) is 0 Å². The minimum absolute atomic E-state index is 0.591. The van der Waals surface area contributed by atoms with Crippen LogP contribution in [0.2, 0.25) is 0 Å². The number of aryl methyl sites for hydroxylation is 3. The van der Waals surface area contributed by atoms with Gasteiger partial charge in [0.05, 0.1) is 6.61 Å². The van der Waals surface area contributed by atoms with E-state index >= 15 is 0 Å². The van der Waals surface area contributed by atoms with Crippen LogP contribution in [0.15, 0.2) is 24.3 Å². The first-order chi connectivity index (χ1) is 8.65. The van der Waals surface area contributed by atoms with Crippen molar-refractivity contribution in [1.29, 1.82) is 0 Å². The summed E-state index contributed by atoms with van der Waals surface area (Å²) in [4.78, 5) is 0. The summed E-state index contributed by atoms with van der Waals surface area (Å²) in [6.45, 7) is 11.5. The quantitative estimate of drug-likeness (QED) is 0.728. The van der Waals surface area contributed by atoms with Crippen molar-refractivity contribution in [3.63, 3.8) is 0 Å². The molecule has 18 heavy (non-hydrogen) atoms. The molecule has 0 unspecified atom stereocenters. The Balaban J connectivity index is 0.00000137. The van der Waals surface area contributed by atoms with Crippen LogP contribution in [0.1, 0.15) is 30.5 Å². The molecule has 0 aliphatic heterocycles. The standard InChI is InChI=1S/C14H20O2.C2H6/c1-11-9-12(2)14(13(3)10-11)16-8-6-5-7-15-4;1-2/h5-6,9-10H,7-8H2,1-4H3;1-2H3/b6-5+;. The molecule has 0 saturated heterocycles. The summed E-state index contributed by atoms with van der Waals surface area (Å²) in [5.74, 6) is 0.993. The van der Waals surface area contributed by atoms with Crippen molar-refractivity contribution in [2.24, 2.45) is 0 Å². The van der Waals surface area contributed by atoms with Crippen LogP contribution in [0.5, 0.6) is 5.75 Å². The highest BCUT2D eigenvalue weighted by Gasteiger charge is 2.03. The normalized spacial score (nSPS) is 10.1. The maximum absolute atomic E-state index is 5.73. The zero-order valence-electron chi connectivity index (χ0n) is 12.5. The highest BCUT2D eigenvalue weighted by molar-refractivity contribution is 5.42. The molecule has 0 spiro atoms. The van der Waals surface area contributed by atoms with Crippen molar-refractivity contribution in [3.05, 3.63) is 41.0 Å². The van der Waals surface area contributed by atoms with Crippen LogP contribution in [0.3, 0.4) is 0 Å². The highest BCUT2D eigenvalue weighted by Crippen LogP contribution is 2.24. The van der Waals surface area contributed by atoms with Crippen molar-refractivity contribution >= 4 is 0 Å². The Kier molecular flexibility index (Phi) is 9.03. The van der Waals surface area contributed by atoms with Crippen LogP contribution in [0.25, 0.3) is 0 Å². The summed E-state index contributed by atoms with van der Waals surface area (Å²) < 4.78 is 10.6. The maximum atomic E-state index is 5.73. The van der Waals surface area contributed by atoms with Crippen LogP contribution in [0, 0.1) is 20.8 Å². The van der Waals surface area contributed by atoms with Gasteiger partial charge in [-0.1, -0.05) is 37.6 Å². The van der Waals surface area contributed by atoms with Gasteiger partial charge in [0.2, 0.25) is 0 Å². The molecule has 0 aromatic heterocycles. The van der Waals surface area contributed by atoms with Crippen LogP contribution >= 0.6 is 0 Å². The molecule has 2 nitrogen and oxygen atoms in total. The molecule has 0 atom stereocenters. The van der Waals surface area contributed by atoms with Crippen LogP contribution in [-0.2, 0) is 4.74 Å². The van der Waals surface area contributed by atoms with Gasteiger partial charge in [0.15, 0.2) is 0 Å². The topological polar surface area (TPSA) is 18.5 Å². The molecule has 0 N–H and O–H groups in total. The van der Waals surface area contributed by atoms with Gasteiger partial charge in [-0.15, -0.1) is 0 Å². The Morgan fingerprint density at radius 3 is 1.94 bits per heavy atom. The van der Waals surface area contributed by atoms with Crippen LogP contribution < -0.4 is 4.74 Å². The van der Waals surface area contributed by atoms with Crippen molar-refractivity contribution < 1.29 is 9.47 Å². The second-order valence-electron chi connectivity index (χ2n) is 3.97. The fourth-order valence-corrected chi connectivity index (χ4v) is 1.76. The first-order valence-electron chi connectivity index (χ1n) is 6.49. The van der Waals surface area contributed by atoms with Gasteiger partial charge in [-0.2, -0.15) is 0 Å². The summed E-state index contributed by atoms with van der Waals surface area (Å²) in [5, 5.41) is 0. The number of benzene rings is 1. The van der Waals surface area contributed by atoms with Crippen LogP contribution in [-0.4, -0.2) is 20.3 Å². The van der Waals surface area contributed by atoms with Gasteiger partial charge < -0.3 is 9.47 Å². The SMILES string of the molecule is CC.COC/C=C/COc1c(C)cc(C)cc1C. The number of rotatable bonds is 5. The zero-order valence-corrected chi connectivity index (χ0v) is 12.5. The summed E-state index contributed by atoms with van der Waals surface area (Å²) in [6.07, 6.45) is 3.93. The molecular weight excluding hydrogens is 224 g/mol. The molecule has 0 heterocycles. The van der Waals surface area contributed by atoms with Crippen LogP contribution in [0.4, 0.5) is 0 Å². The number of hydrogen-bond donors (Lipinski definition) is 0. The minimum atomic E-state index is 0.591. The summed E-state index contributed by atoms with van der Waals surface area (Å²) in [5.41, 5.74) is 3.66. The fraction of sp³-hybridized carbons (Fsp3) is 0.500. The van der Waals surface area contributed by atoms with E-state index in [2.05, 4.69) is 32.9 Å². The third-order valence-electron chi connectivity index (χ3n) is 2.36. The van der Waals surface area contributed by atoms with E-state index in [9.17, 15) is 0 Å². The molecule has 1 aromatic carbocycles. The van der Waals surface area contributed by atoms with E-state index in [0.717, 1.165) is 5.75 Å². The van der Waals surface area contributed by atoms with E-state index in [1.54, 1.807) is 7.11 Å². The second-order valence-corrected chi connectivity index (χ2v) is 3.97. The predicted octanol–water partition coefficient (Wildman–Crippen LogP) is 4.22. The summed E-state index contributed by atoms with van der Waals surface area (Å²) in [6, 6.07) is 4.28. The molecule has 0 aliphatic carbocycles. The third-order valence-corrected chi connectivity index (χ3v) is 2.36. The average Bonchev–Trinajstić information content (AvgIpc) is 2.34. The summed E-state index contributed by atoms with van der Waals surface area (Å²) in [7, 11) is 1.68. The lowest BCUT2D eigenvalue weighted by molar-refractivity contribution is 0.233. The molecule has 1 aromatic rings. The maximum Gasteiger partial charge on any atom is 0.125 e. The number of methoxy groups -OCH3 is 1. The molecule has 0 bridgehead atoms. The monoisotopic (exact) mass is 250 g/mol. The van der Waals surface area contributed by atoms with Gasteiger partial charge in [0, 0.05) is 7.11 Å². The van der Waals surface area contributed by atoms with E-state index in [1.165, 1.54) is 16.7 Å². The molecule has 0 amide bonds. The summed E-state index contributed by atoms with van der Waals surface area (Å²) >= 11 is 0. The Bertz CT molecular complexity index is 344. The lowest BCUT2D eigenvalue weighted by Crippen LogP contribution is -1.99. The highest BCUT2D eigenvalue weighted by atomic mass is 16.5. The van der Waals surface area contributed by atoms with Crippen molar-refractivity contribution in [2.45, 2.75) is 34.6 Å². The van der Waals surface area contributed by atoms with Crippen molar-refractivity contribution in [3.8, 4) is 5.75 Å². The van der Waals surface area contributed by atoms with E-state index < -0.39 is 0 Å². The Labute approximate surface area is 112 Å². The average molecular weight is 250 g/mol. The largest absolute Gasteiger partial charge is 0.489 e. The van der Waals surface area contributed by atoms with E-state index in [0.29, 0.717) is 13.2 Å². The first kappa shape index (κ1) is 16.7. The molecule has 0 fully saturated rings. The molecule has 0 saturated carbocycles. The molecule has 0 aliphatic rings. The van der Waals surface area contributed by atoms with Gasteiger partial charge in [0.25, 0.3) is 0 Å². The third kappa shape index (κ3) is 5.87. The lowest BCUT2D eigenvalue weighted by Gasteiger charge is -2.11.